The Morgan fingerprint density at radius 3 is 2.56 bits per heavy atom. The molecule has 0 rings (SSSR count). The van der Waals surface area contributed by atoms with E-state index in [0.29, 0.717) is 0 Å². The molecule has 0 aliphatic carbocycles. The molecule has 0 N–H and O–H groups in total. The summed E-state index contributed by atoms with van der Waals surface area (Å²) in [6, 6.07) is 2.32. The van der Waals surface area contributed by atoms with Crippen molar-refractivity contribution in [3.05, 3.63) is 0 Å². The molecule has 0 aliphatic rings. The van der Waals surface area contributed by atoms with Crippen LogP contribution in [0.15, 0.2) is 5.16 Å². The first kappa shape index (κ1) is 15.2. The molecule has 0 amide bonds. The predicted octanol–water partition coefficient (Wildman–Crippen LogP) is 3.93. The van der Waals surface area contributed by atoms with Gasteiger partial charge in [-0.1, -0.05) is 13.3 Å². The lowest BCUT2D eigenvalue weighted by atomic mass is 10.0. The fourth-order valence-electron chi connectivity index (χ4n) is 1.23. The second-order valence-corrected chi connectivity index (χ2v) is 9.42. The van der Waals surface area contributed by atoms with E-state index in [1.54, 1.807) is 0 Å². The minimum Gasteiger partial charge on any atom is -0.456 e. The van der Waals surface area contributed by atoms with Gasteiger partial charge in [-0.05, 0) is 45.3 Å². The van der Waals surface area contributed by atoms with Crippen molar-refractivity contribution in [2.45, 2.75) is 58.7 Å². The van der Waals surface area contributed by atoms with Crippen LogP contribution in [0.25, 0.3) is 0 Å². The van der Waals surface area contributed by atoms with E-state index in [1.807, 2.05) is 6.21 Å². The predicted molar refractivity (Wildman–Crippen MR) is 70.8 cm³/mol. The lowest BCUT2D eigenvalue weighted by Gasteiger charge is -2.11. The number of nitrogens with zero attached hydrogens (tertiary/aromatic N) is 2. The van der Waals surface area contributed by atoms with Crippen molar-refractivity contribution in [3.63, 3.8) is 0 Å². The Labute approximate surface area is 101 Å². The quantitative estimate of drug-likeness (QED) is 0.279. The number of hydrogen-bond donors (Lipinski definition) is 0. The van der Waals surface area contributed by atoms with Gasteiger partial charge in [0.1, 0.15) is 0 Å². The Morgan fingerprint density at radius 1 is 1.38 bits per heavy atom. The number of rotatable bonds is 8. The molecule has 0 spiro atoms. The molecule has 16 heavy (non-hydrogen) atoms. The molecular weight excluding hydrogens is 216 g/mol. The van der Waals surface area contributed by atoms with Crippen LogP contribution in [0, 0.1) is 17.2 Å². The second kappa shape index (κ2) is 8.34. The normalized spacial score (nSPS) is 13.7. The summed E-state index contributed by atoms with van der Waals surface area (Å²) in [5.74, 6) is 0.232. The number of unbranched alkanes of at least 4 members (excludes halogenated alkanes) is 2. The molecule has 0 saturated heterocycles. The molecule has 92 valence electrons. The van der Waals surface area contributed by atoms with Crippen LogP contribution in [0.1, 0.15) is 39.0 Å². The largest absolute Gasteiger partial charge is 0.456 e. The van der Waals surface area contributed by atoms with Crippen molar-refractivity contribution >= 4 is 14.5 Å². The van der Waals surface area contributed by atoms with Gasteiger partial charge in [-0.25, -0.2) is 0 Å². The van der Waals surface area contributed by atoms with Crippen LogP contribution >= 0.6 is 0 Å². The molecule has 4 heteroatoms. The van der Waals surface area contributed by atoms with Crippen molar-refractivity contribution < 1.29 is 4.53 Å². The first-order valence-electron chi connectivity index (χ1n) is 6.09. The van der Waals surface area contributed by atoms with Gasteiger partial charge < -0.3 is 4.53 Å². The summed E-state index contributed by atoms with van der Waals surface area (Å²) in [5, 5.41) is 12.7. The second-order valence-electron chi connectivity index (χ2n) is 5.01. The summed E-state index contributed by atoms with van der Waals surface area (Å²) in [6.07, 6.45) is 6.97. The third kappa shape index (κ3) is 9.72. The monoisotopic (exact) mass is 240 g/mol. The van der Waals surface area contributed by atoms with Crippen molar-refractivity contribution in [1.82, 2.24) is 0 Å². The zero-order chi connectivity index (χ0) is 12.4. The summed E-state index contributed by atoms with van der Waals surface area (Å²) < 4.78 is 5.36. The van der Waals surface area contributed by atoms with Crippen LogP contribution in [0.3, 0.4) is 0 Å². The minimum absolute atomic E-state index is 0.232. The summed E-state index contributed by atoms with van der Waals surface area (Å²) in [4.78, 5) is 0. The van der Waals surface area contributed by atoms with Crippen molar-refractivity contribution in [1.29, 1.82) is 5.26 Å². The highest BCUT2D eigenvalue weighted by molar-refractivity contribution is 6.69. The van der Waals surface area contributed by atoms with Gasteiger partial charge in [0.05, 0.1) is 6.07 Å². The van der Waals surface area contributed by atoms with Gasteiger partial charge in [0, 0.05) is 12.1 Å². The number of oxime groups is 1. The Hall–Kier alpha value is -0.823. The maximum atomic E-state index is 8.76. The molecule has 0 aromatic rings. The van der Waals surface area contributed by atoms with E-state index < -0.39 is 8.32 Å². The Bertz CT molecular complexity index is 240. The van der Waals surface area contributed by atoms with Gasteiger partial charge in [-0.2, -0.15) is 5.26 Å². The van der Waals surface area contributed by atoms with Crippen LogP contribution in [-0.2, 0) is 4.53 Å². The van der Waals surface area contributed by atoms with E-state index in [1.165, 1.54) is 0 Å². The van der Waals surface area contributed by atoms with Gasteiger partial charge >= 0.3 is 0 Å². The fourth-order valence-corrected chi connectivity index (χ4v) is 1.63. The maximum absolute atomic E-state index is 8.76. The molecule has 0 aromatic heterocycles. The SMILES string of the molecule is CCC(C#N)CCCCC=NO[Si](C)(C)C. The molecule has 0 aliphatic heterocycles. The van der Waals surface area contributed by atoms with E-state index in [9.17, 15) is 0 Å². The van der Waals surface area contributed by atoms with Gasteiger partial charge in [0.25, 0.3) is 8.32 Å². The molecule has 1 atom stereocenters. The van der Waals surface area contributed by atoms with Gasteiger partial charge in [0.2, 0.25) is 0 Å². The minimum atomic E-state index is -1.50. The Kier molecular flexibility index (Phi) is 7.91. The highest BCUT2D eigenvalue weighted by Crippen LogP contribution is 2.11. The number of hydrogen-bond acceptors (Lipinski definition) is 3. The molecule has 0 radical (unpaired) electrons. The summed E-state index contributed by atoms with van der Waals surface area (Å²) in [7, 11) is -1.50. The van der Waals surface area contributed by atoms with Crippen LogP contribution < -0.4 is 0 Å². The van der Waals surface area contributed by atoms with Crippen LogP contribution in [0.5, 0.6) is 0 Å². The maximum Gasteiger partial charge on any atom is 0.278 e. The zero-order valence-corrected chi connectivity index (χ0v) is 12.0. The first-order valence-corrected chi connectivity index (χ1v) is 9.50. The third-order valence-corrected chi connectivity index (χ3v) is 2.87. The zero-order valence-electron chi connectivity index (χ0n) is 11.0. The molecule has 0 fully saturated rings. The van der Waals surface area contributed by atoms with Crippen LogP contribution in [0.4, 0.5) is 0 Å². The van der Waals surface area contributed by atoms with E-state index in [4.69, 9.17) is 9.79 Å². The average Bonchev–Trinajstić information content (AvgIpc) is 2.21. The van der Waals surface area contributed by atoms with Gasteiger partial charge in [0.15, 0.2) is 0 Å². The van der Waals surface area contributed by atoms with E-state index in [0.717, 1.165) is 32.1 Å². The Balaban J connectivity index is 3.44. The van der Waals surface area contributed by atoms with Crippen LogP contribution in [-0.4, -0.2) is 14.5 Å². The smallest absolute Gasteiger partial charge is 0.278 e. The van der Waals surface area contributed by atoms with Crippen molar-refractivity contribution in [2.75, 3.05) is 0 Å². The van der Waals surface area contributed by atoms with Gasteiger partial charge in [-0.15, -0.1) is 5.16 Å². The standard InChI is InChI=1S/C12H24N2OSi/c1-5-12(11-13)9-7-6-8-10-14-15-16(2,3)4/h10,12H,5-9H2,1-4H3. The molecule has 0 aromatic carbocycles. The van der Waals surface area contributed by atoms with Gasteiger partial charge in [-0.3, -0.25) is 0 Å². The highest BCUT2D eigenvalue weighted by atomic mass is 28.4. The molecule has 0 bridgehead atoms. The first-order chi connectivity index (χ1) is 7.49. The van der Waals surface area contributed by atoms with Crippen molar-refractivity contribution in [2.24, 2.45) is 11.1 Å². The van der Waals surface area contributed by atoms with Crippen LogP contribution in [0.2, 0.25) is 19.6 Å². The summed E-state index contributed by atoms with van der Waals surface area (Å²) in [6.45, 7) is 8.41. The molecule has 1 unspecified atom stereocenters. The molecule has 0 heterocycles. The van der Waals surface area contributed by atoms with E-state index in [2.05, 4.69) is 37.8 Å². The molecular formula is C12H24N2OSi. The fraction of sp³-hybridized carbons (Fsp3) is 0.833. The highest BCUT2D eigenvalue weighted by Gasteiger charge is 2.14. The summed E-state index contributed by atoms with van der Waals surface area (Å²) in [5.41, 5.74) is 0. The summed E-state index contributed by atoms with van der Waals surface area (Å²) >= 11 is 0. The van der Waals surface area contributed by atoms with E-state index in [-0.39, 0.29) is 5.92 Å². The third-order valence-electron chi connectivity index (χ3n) is 2.21. The van der Waals surface area contributed by atoms with E-state index >= 15 is 0 Å². The lowest BCUT2D eigenvalue weighted by Crippen LogP contribution is -2.22. The lowest BCUT2D eigenvalue weighted by molar-refractivity contribution is 0.336. The topological polar surface area (TPSA) is 45.4 Å². The average molecular weight is 240 g/mol. The number of nitriles is 1. The molecule has 3 nitrogen and oxygen atoms in total. The van der Waals surface area contributed by atoms with Crippen molar-refractivity contribution in [3.8, 4) is 6.07 Å². The Morgan fingerprint density at radius 2 is 2.06 bits per heavy atom. The molecule has 0 saturated carbocycles.